The highest BCUT2D eigenvalue weighted by Gasteiger charge is 1.97. The lowest BCUT2D eigenvalue weighted by atomic mass is 10.3. The van der Waals surface area contributed by atoms with Gasteiger partial charge in [-0.15, -0.1) is 0 Å². The number of hydrogen-bond donors (Lipinski definition) is 0. The first-order valence-electron chi connectivity index (χ1n) is 7.24. The zero-order valence-electron chi connectivity index (χ0n) is 12.5. The van der Waals surface area contributed by atoms with E-state index in [1.165, 1.54) is 0 Å². The molecule has 0 aliphatic rings. The van der Waals surface area contributed by atoms with Gasteiger partial charge in [0.2, 0.25) is 0 Å². The van der Waals surface area contributed by atoms with E-state index in [1.54, 1.807) is 0 Å². The summed E-state index contributed by atoms with van der Waals surface area (Å²) >= 11 is 0. The maximum absolute atomic E-state index is 8.14. The van der Waals surface area contributed by atoms with Crippen molar-refractivity contribution in [2.45, 2.75) is 25.7 Å². The van der Waals surface area contributed by atoms with Crippen molar-refractivity contribution in [2.24, 2.45) is 10.2 Å². The van der Waals surface area contributed by atoms with Crippen molar-refractivity contribution in [3.63, 3.8) is 0 Å². The summed E-state index contributed by atoms with van der Waals surface area (Å²) in [7, 11) is 0. The van der Waals surface area contributed by atoms with Crippen LogP contribution in [0.25, 0.3) is 20.9 Å². The molecule has 0 aromatic heterocycles. The number of hydrogen-bond acceptors (Lipinski definition) is 4. The Morgan fingerprint density at radius 1 is 0.727 bits per heavy atom. The van der Waals surface area contributed by atoms with E-state index in [0.717, 1.165) is 37.2 Å². The second-order valence-corrected chi connectivity index (χ2v) is 4.49. The predicted molar refractivity (Wildman–Crippen MR) is 83.9 cm³/mol. The van der Waals surface area contributed by atoms with Gasteiger partial charge in [0.05, 0.1) is 13.2 Å². The lowest BCUT2D eigenvalue weighted by Gasteiger charge is -2.08. The number of ether oxygens (including phenoxy) is 2. The normalized spacial score (nSPS) is 9.45. The fraction of sp³-hybridized carbons (Fsp3) is 0.571. The summed E-state index contributed by atoms with van der Waals surface area (Å²) in [6.07, 6.45) is 3.34. The smallest absolute Gasteiger partial charge is 0.119 e. The molecule has 0 bridgehead atoms. The zero-order valence-corrected chi connectivity index (χ0v) is 12.5. The molecule has 0 aliphatic carbocycles. The molecule has 0 atom stereocenters. The second kappa shape index (κ2) is 12.2. The van der Waals surface area contributed by atoms with Gasteiger partial charge in [0.1, 0.15) is 11.5 Å². The van der Waals surface area contributed by atoms with Crippen LogP contribution in [0.5, 0.6) is 11.5 Å². The summed E-state index contributed by atoms with van der Waals surface area (Å²) in [5.74, 6) is 1.58. The average Bonchev–Trinajstić information content (AvgIpc) is 2.55. The third-order valence-corrected chi connectivity index (χ3v) is 2.79. The van der Waals surface area contributed by atoms with Crippen LogP contribution in [0, 0.1) is 0 Å². The maximum atomic E-state index is 8.14. The van der Waals surface area contributed by atoms with Gasteiger partial charge in [0.15, 0.2) is 0 Å². The van der Waals surface area contributed by atoms with E-state index in [4.69, 9.17) is 20.5 Å². The fourth-order valence-corrected chi connectivity index (χ4v) is 1.67. The third kappa shape index (κ3) is 8.58. The number of benzene rings is 1. The average molecular weight is 304 g/mol. The minimum absolute atomic E-state index is 0.506. The molecule has 1 rings (SSSR count). The highest BCUT2D eigenvalue weighted by molar-refractivity contribution is 5.31. The summed E-state index contributed by atoms with van der Waals surface area (Å²) in [5.41, 5.74) is 16.3. The maximum Gasteiger partial charge on any atom is 0.119 e. The lowest BCUT2D eigenvalue weighted by molar-refractivity contribution is 0.299. The molecule has 118 valence electrons. The molecular formula is C14H20N6O2. The van der Waals surface area contributed by atoms with Gasteiger partial charge < -0.3 is 9.47 Å². The molecule has 0 aliphatic heterocycles. The van der Waals surface area contributed by atoms with Crippen molar-refractivity contribution < 1.29 is 9.47 Å². The number of unbranched alkanes of at least 4 members (excludes halogenated alkanes) is 2. The summed E-state index contributed by atoms with van der Waals surface area (Å²) in [4.78, 5) is 5.39. The molecule has 8 nitrogen and oxygen atoms in total. The quantitative estimate of drug-likeness (QED) is 0.242. The molecule has 8 heteroatoms. The first kappa shape index (κ1) is 17.5. The van der Waals surface area contributed by atoms with Gasteiger partial charge in [-0.3, -0.25) is 0 Å². The second-order valence-electron chi connectivity index (χ2n) is 4.49. The minimum atomic E-state index is 0.506. The molecule has 0 unspecified atom stereocenters. The number of azide groups is 2. The van der Waals surface area contributed by atoms with E-state index in [9.17, 15) is 0 Å². The van der Waals surface area contributed by atoms with E-state index in [2.05, 4.69) is 20.1 Å². The molecule has 1 aromatic rings. The SMILES string of the molecule is [N-]=[N+]=NCCCCOc1ccc(OCCCCN=[N+]=[N-])cc1. The standard InChI is InChI=1S/C14H20N6O2/c15-19-17-9-1-3-11-21-13-5-7-14(8-6-13)22-12-4-2-10-18-20-16/h5-8H,1-4,9-12H2. The number of nitrogens with zero attached hydrogens (tertiary/aromatic N) is 6. The van der Waals surface area contributed by atoms with E-state index < -0.39 is 0 Å². The highest BCUT2D eigenvalue weighted by Crippen LogP contribution is 2.18. The van der Waals surface area contributed by atoms with Crippen molar-refractivity contribution in [2.75, 3.05) is 26.3 Å². The van der Waals surface area contributed by atoms with Crippen LogP contribution in [0.3, 0.4) is 0 Å². The van der Waals surface area contributed by atoms with Crippen LogP contribution in [-0.2, 0) is 0 Å². The van der Waals surface area contributed by atoms with Gasteiger partial charge >= 0.3 is 0 Å². The van der Waals surface area contributed by atoms with Gasteiger partial charge in [0.25, 0.3) is 0 Å². The molecule has 22 heavy (non-hydrogen) atoms. The van der Waals surface area contributed by atoms with Crippen LogP contribution in [0.1, 0.15) is 25.7 Å². The Kier molecular flexibility index (Phi) is 9.70. The summed E-state index contributed by atoms with van der Waals surface area (Å²) < 4.78 is 11.1. The van der Waals surface area contributed by atoms with Crippen molar-refractivity contribution >= 4 is 0 Å². The van der Waals surface area contributed by atoms with Crippen molar-refractivity contribution in [1.82, 2.24) is 0 Å². The molecule has 0 N–H and O–H groups in total. The van der Waals surface area contributed by atoms with E-state index in [0.29, 0.717) is 26.3 Å². The van der Waals surface area contributed by atoms with E-state index >= 15 is 0 Å². The van der Waals surface area contributed by atoms with Crippen LogP contribution < -0.4 is 9.47 Å². The van der Waals surface area contributed by atoms with Crippen LogP contribution in [0.2, 0.25) is 0 Å². The molecule has 1 aromatic carbocycles. The Morgan fingerprint density at radius 2 is 1.14 bits per heavy atom. The zero-order chi connectivity index (χ0) is 15.9. The first-order chi connectivity index (χ1) is 10.9. The Labute approximate surface area is 129 Å². The molecule has 0 saturated carbocycles. The summed E-state index contributed by atoms with van der Waals surface area (Å²) in [5, 5.41) is 6.93. The van der Waals surface area contributed by atoms with E-state index in [1.807, 2.05) is 24.3 Å². The van der Waals surface area contributed by atoms with Crippen molar-refractivity contribution in [3.05, 3.63) is 45.2 Å². The predicted octanol–water partition coefficient (Wildman–Crippen LogP) is 4.63. The molecule has 0 amide bonds. The largest absolute Gasteiger partial charge is 0.494 e. The Hall–Kier alpha value is -2.56. The van der Waals surface area contributed by atoms with E-state index in [-0.39, 0.29) is 0 Å². The molecule has 0 radical (unpaired) electrons. The Bertz CT molecular complexity index is 460. The van der Waals surface area contributed by atoms with Crippen LogP contribution in [-0.4, -0.2) is 26.3 Å². The molecule has 0 heterocycles. The lowest BCUT2D eigenvalue weighted by Crippen LogP contribution is -1.99. The van der Waals surface area contributed by atoms with Crippen molar-refractivity contribution in [1.29, 1.82) is 0 Å². The van der Waals surface area contributed by atoms with Gasteiger partial charge in [-0.25, -0.2) is 0 Å². The third-order valence-electron chi connectivity index (χ3n) is 2.79. The van der Waals surface area contributed by atoms with Gasteiger partial charge in [-0.1, -0.05) is 10.2 Å². The minimum Gasteiger partial charge on any atom is -0.494 e. The monoisotopic (exact) mass is 304 g/mol. The highest BCUT2D eigenvalue weighted by atomic mass is 16.5. The fourth-order valence-electron chi connectivity index (χ4n) is 1.67. The molecule has 0 saturated heterocycles. The molecule has 0 spiro atoms. The van der Waals surface area contributed by atoms with Crippen LogP contribution >= 0.6 is 0 Å². The van der Waals surface area contributed by atoms with Gasteiger partial charge in [-0.05, 0) is 61.0 Å². The summed E-state index contributed by atoms with van der Waals surface area (Å²) in [6, 6.07) is 7.46. The Balaban J connectivity index is 2.14. The topological polar surface area (TPSA) is 116 Å². The first-order valence-corrected chi connectivity index (χ1v) is 7.24. The summed E-state index contributed by atoms with van der Waals surface area (Å²) in [6.45, 7) is 2.21. The molecule has 0 fully saturated rings. The Morgan fingerprint density at radius 3 is 1.50 bits per heavy atom. The van der Waals surface area contributed by atoms with Gasteiger partial charge in [0, 0.05) is 22.9 Å². The van der Waals surface area contributed by atoms with Gasteiger partial charge in [-0.2, -0.15) is 0 Å². The molecular weight excluding hydrogens is 284 g/mol. The van der Waals surface area contributed by atoms with Crippen molar-refractivity contribution in [3.8, 4) is 11.5 Å². The van der Waals surface area contributed by atoms with Crippen LogP contribution in [0.4, 0.5) is 0 Å². The van der Waals surface area contributed by atoms with Crippen LogP contribution in [0.15, 0.2) is 34.5 Å². The number of rotatable bonds is 12.